The quantitative estimate of drug-likeness (QED) is 0.585. The molecule has 124 valence electrons. The summed E-state index contributed by atoms with van der Waals surface area (Å²) in [5.74, 6) is -1.44. The highest BCUT2D eigenvalue weighted by Gasteiger charge is 2.39. The van der Waals surface area contributed by atoms with Gasteiger partial charge in [0.15, 0.2) is 0 Å². The van der Waals surface area contributed by atoms with Gasteiger partial charge in [0.25, 0.3) is 0 Å². The van der Waals surface area contributed by atoms with Gasteiger partial charge in [-0.25, -0.2) is 4.79 Å². The molecule has 1 unspecified atom stereocenters. The van der Waals surface area contributed by atoms with Crippen LogP contribution in [0.1, 0.15) is 27.4 Å². The van der Waals surface area contributed by atoms with E-state index in [0.29, 0.717) is 11.3 Å². The maximum Gasteiger partial charge on any atom is 0.339 e. The third-order valence-electron chi connectivity index (χ3n) is 4.45. The molecular formula is C20H14O5. The molecule has 0 aliphatic carbocycles. The Bertz CT molecular complexity index is 1000. The second-order valence-electron chi connectivity index (χ2n) is 5.82. The summed E-state index contributed by atoms with van der Waals surface area (Å²) in [6.45, 7) is 0. The van der Waals surface area contributed by atoms with E-state index in [1.54, 1.807) is 37.4 Å². The Morgan fingerprint density at radius 3 is 2.52 bits per heavy atom. The third-order valence-corrected chi connectivity index (χ3v) is 4.45. The highest BCUT2D eigenvalue weighted by Crippen LogP contribution is 2.45. The van der Waals surface area contributed by atoms with Crippen molar-refractivity contribution in [1.82, 2.24) is 0 Å². The zero-order valence-corrected chi connectivity index (χ0v) is 13.4. The second-order valence-corrected chi connectivity index (χ2v) is 5.82. The van der Waals surface area contributed by atoms with E-state index in [1.807, 2.05) is 24.3 Å². The molecule has 1 aliphatic rings. The first kappa shape index (κ1) is 15.2. The summed E-state index contributed by atoms with van der Waals surface area (Å²) in [6.07, 6.45) is 0. The van der Waals surface area contributed by atoms with Crippen molar-refractivity contribution in [3.05, 3.63) is 71.3 Å². The van der Waals surface area contributed by atoms with Gasteiger partial charge in [0.05, 0.1) is 7.11 Å². The number of methoxy groups -OCH3 is 1. The van der Waals surface area contributed by atoms with Gasteiger partial charge in [-0.1, -0.05) is 36.4 Å². The Hall–Kier alpha value is -3.34. The average Bonchev–Trinajstić information content (AvgIpc) is 2.98. The van der Waals surface area contributed by atoms with E-state index in [4.69, 9.17) is 9.47 Å². The predicted octanol–water partition coefficient (Wildman–Crippen LogP) is 3.60. The van der Waals surface area contributed by atoms with Crippen molar-refractivity contribution in [2.75, 3.05) is 7.11 Å². The van der Waals surface area contributed by atoms with E-state index in [9.17, 15) is 14.7 Å². The monoisotopic (exact) mass is 334 g/mol. The van der Waals surface area contributed by atoms with Crippen molar-refractivity contribution < 1.29 is 24.2 Å². The number of esters is 1. The van der Waals surface area contributed by atoms with Crippen LogP contribution in [0.25, 0.3) is 10.8 Å². The van der Waals surface area contributed by atoms with Gasteiger partial charge in [0.2, 0.25) is 0 Å². The highest BCUT2D eigenvalue weighted by molar-refractivity contribution is 6.06. The molecule has 25 heavy (non-hydrogen) atoms. The van der Waals surface area contributed by atoms with Crippen LogP contribution in [-0.2, 0) is 4.79 Å². The molecule has 1 atom stereocenters. The molecule has 0 bridgehead atoms. The summed E-state index contributed by atoms with van der Waals surface area (Å²) in [4.78, 5) is 24.2. The summed E-state index contributed by atoms with van der Waals surface area (Å²) in [7, 11) is 1.57. The fourth-order valence-electron chi connectivity index (χ4n) is 3.29. The highest BCUT2D eigenvalue weighted by atomic mass is 16.5. The van der Waals surface area contributed by atoms with Crippen molar-refractivity contribution in [2.45, 2.75) is 5.92 Å². The van der Waals surface area contributed by atoms with E-state index in [1.165, 1.54) is 0 Å². The maximum absolute atomic E-state index is 12.6. The first-order valence-corrected chi connectivity index (χ1v) is 7.74. The van der Waals surface area contributed by atoms with Crippen molar-refractivity contribution >= 4 is 22.7 Å². The molecule has 1 N–H and O–H groups in total. The number of carboxylic acid groups (broad SMARTS) is 1. The van der Waals surface area contributed by atoms with Crippen LogP contribution in [0.4, 0.5) is 0 Å². The Morgan fingerprint density at radius 2 is 1.84 bits per heavy atom. The lowest BCUT2D eigenvalue weighted by molar-refractivity contribution is -0.133. The number of fused-ring (bicyclic) bond motifs is 3. The first-order chi connectivity index (χ1) is 12.1. The van der Waals surface area contributed by atoms with Gasteiger partial charge in [-0.05, 0) is 34.5 Å². The van der Waals surface area contributed by atoms with Gasteiger partial charge in [-0.2, -0.15) is 0 Å². The molecule has 4 rings (SSSR count). The van der Waals surface area contributed by atoms with Gasteiger partial charge in [-0.3, -0.25) is 4.79 Å². The van der Waals surface area contributed by atoms with Crippen LogP contribution in [0, 0.1) is 0 Å². The Kier molecular flexibility index (Phi) is 3.42. The van der Waals surface area contributed by atoms with Gasteiger partial charge >= 0.3 is 11.9 Å². The molecular weight excluding hydrogens is 320 g/mol. The Balaban J connectivity index is 1.99. The number of carbonyl (C=O) groups excluding carboxylic acids is 1. The molecule has 3 aromatic carbocycles. The molecule has 5 heteroatoms. The van der Waals surface area contributed by atoms with E-state index < -0.39 is 17.9 Å². The summed E-state index contributed by atoms with van der Waals surface area (Å²) in [5, 5.41) is 11.1. The van der Waals surface area contributed by atoms with Crippen molar-refractivity contribution in [2.24, 2.45) is 0 Å². The molecule has 3 aromatic rings. The lowest BCUT2D eigenvalue weighted by Crippen LogP contribution is -2.11. The van der Waals surface area contributed by atoms with E-state index in [2.05, 4.69) is 0 Å². The van der Waals surface area contributed by atoms with Crippen LogP contribution in [-0.4, -0.2) is 24.2 Å². The number of aromatic carboxylic acids is 1. The normalized spacial score (nSPS) is 15.7. The molecule has 0 saturated carbocycles. The standard InChI is InChI=1S/C20H14O5/c1-24-13-8-6-11(7-9-13)16-17-14-5-3-2-4-12(14)10-15(19(21)22)18(17)25-20(16)23/h2-10,16H,1H3,(H,21,22). The summed E-state index contributed by atoms with van der Waals surface area (Å²) >= 11 is 0. The van der Waals surface area contributed by atoms with E-state index in [-0.39, 0.29) is 11.3 Å². The summed E-state index contributed by atoms with van der Waals surface area (Å²) < 4.78 is 10.5. The van der Waals surface area contributed by atoms with Crippen LogP contribution in [0.15, 0.2) is 54.6 Å². The second kappa shape index (κ2) is 5.63. The third kappa shape index (κ3) is 2.32. The Labute approximate surface area is 143 Å². The van der Waals surface area contributed by atoms with Crippen molar-refractivity contribution in [1.29, 1.82) is 0 Å². The molecule has 0 saturated heterocycles. The van der Waals surface area contributed by atoms with Gasteiger partial charge in [0.1, 0.15) is 23.0 Å². The number of ether oxygens (including phenoxy) is 2. The number of benzene rings is 3. The number of hydrogen-bond acceptors (Lipinski definition) is 4. The van der Waals surface area contributed by atoms with Crippen LogP contribution in [0.3, 0.4) is 0 Å². The van der Waals surface area contributed by atoms with E-state index in [0.717, 1.165) is 16.3 Å². The maximum atomic E-state index is 12.6. The lowest BCUT2D eigenvalue weighted by atomic mass is 9.87. The molecule has 0 aromatic heterocycles. The molecule has 0 amide bonds. The van der Waals surface area contributed by atoms with Gasteiger partial charge < -0.3 is 14.6 Å². The Morgan fingerprint density at radius 1 is 1.12 bits per heavy atom. The number of carbonyl (C=O) groups is 2. The molecule has 5 nitrogen and oxygen atoms in total. The zero-order chi connectivity index (χ0) is 17.6. The van der Waals surface area contributed by atoms with Crippen molar-refractivity contribution in [3.63, 3.8) is 0 Å². The predicted molar refractivity (Wildman–Crippen MR) is 91.4 cm³/mol. The molecule has 1 aliphatic heterocycles. The number of rotatable bonds is 3. The first-order valence-electron chi connectivity index (χ1n) is 7.74. The number of hydrogen-bond donors (Lipinski definition) is 1. The minimum Gasteiger partial charge on any atom is -0.497 e. The topological polar surface area (TPSA) is 72.8 Å². The smallest absolute Gasteiger partial charge is 0.339 e. The molecule has 0 spiro atoms. The van der Waals surface area contributed by atoms with Crippen LogP contribution < -0.4 is 9.47 Å². The zero-order valence-electron chi connectivity index (χ0n) is 13.4. The SMILES string of the molecule is COc1ccc(C2C(=O)Oc3c(C(=O)O)cc4ccccc4c32)cc1. The van der Waals surface area contributed by atoms with E-state index >= 15 is 0 Å². The molecule has 0 fully saturated rings. The average molecular weight is 334 g/mol. The molecule has 0 radical (unpaired) electrons. The number of carboxylic acids is 1. The van der Waals surface area contributed by atoms with Crippen LogP contribution in [0.2, 0.25) is 0 Å². The minimum absolute atomic E-state index is 0.00179. The fourth-order valence-corrected chi connectivity index (χ4v) is 3.29. The van der Waals surface area contributed by atoms with Gasteiger partial charge in [-0.15, -0.1) is 0 Å². The van der Waals surface area contributed by atoms with Crippen molar-refractivity contribution in [3.8, 4) is 11.5 Å². The largest absolute Gasteiger partial charge is 0.497 e. The fraction of sp³-hybridized carbons (Fsp3) is 0.100. The summed E-state index contributed by atoms with van der Waals surface area (Å²) in [5.41, 5.74) is 1.33. The lowest BCUT2D eigenvalue weighted by Gasteiger charge is -2.12. The van der Waals surface area contributed by atoms with Crippen LogP contribution in [0.5, 0.6) is 11.5 Å². The van der Waals surface area contributed by atoms with Gasteiger partial charge in [0, 0.05) is 5.56 Å². The summed E-state index contributed by atoms with van der Waals surface area (Å²) in [6, 6.07) is 16.1. The minimum atomic E-state index is -1.12. The molecule has 1 heterocycles. The van der Waals surface area contributed by atoms with Crippen LogP contribution >= 0.6 is 0 Å².